The van der Waals surface area contributed by atoms with Crippen molar-refractivity contribution >= 4 is 40.4 Å². The van der Waals surface area contributed by atoms with Crippen molar-refractivity contribution in [3.63, 3.8) is 0 Å². The lowest BCUT2D eigenvalue weighted by Gasteiger charge is -2.13. The normalized spacial score (nSPS) is 10.1. The predicted octanol–water partition coefficient (Wildman–Crippen LogP) is 5.77. The lowest BCUT2D eigenvalue weighted by atomic mass is 10.1. The molecule has 1 aromatic heterocycles. The number of fused-ring (bicyclic) bond motifs is 1. The summed E-state index contributed by atoms with van der Waals surface area (Å²) in [6, 6.07) is 22.0. The maximum Gasteiger partial charge on any atom is 0.311 e. The van der Waals surface area contributed by atoms with E-state index < -0.39 is 4.92 Å². The highest BCUT2D eigenvalue weighted by Gasteiger charge is 2.20. The topological polar surface area (TPSA) is 110 Å². The molecule has 33 heavy (non-hydrogen) atoms. The Bertz CT molecular complexity index is 1320. The average molecular weight is 463 g/mol. The van der Waals surface area contributed by atoms with E-state index in [4.69, 9.17) is 9.47 Å². The zero-order valence-electron chi connectivity index (χ0n) is 17.5. The van der Waals surface area contributed by atoms with E-state index >= 15 is 0 Å². The highest BCUT2D eigenvalue weighted by atomic mass is 35.5. The van der Waals surface area contributed by atoms with Gasteiger partial charge in [0.2, 0.25) is 0 Å². The first-order valence-corrected chi connectivity index (χ1v) is 9.68. The lowest BCUT2D eigenvalue weighted by molar-refractivity contribution is -0.385. The maximum absolute atomic E-state index is 11.5. The van der Waals surface area contributed by atoms with E-state index in [-0.39, 0.29) is 29.4 Å². The number of hydrogen-bond acceptors (Lipinski definition) is 7. The lowest BCUT2D eigenvalue weighted by Crippen LogP contribution is -2.00. The Labute approximate surface area is 196 Å². The molecular formula is C24H19ClN4O4. The van der Waals surface area contributed by atoms with E-state index in [1.54, 1.807) is 0 Å². The number of pyridine rings is 1. The molecule has 1 N–H and O–H groups in total. The minimum Gasteiger partial charge on any atom is -0.490 e. The molecule has 0 aliphatic carbocycles. The third-order valence-corrected chi connectivity index (χ3v) is 4.86. The fourth-order valence-corrected chi connectivity index (χ4v) is 3.25. The number of hydrogen-bond donors (Lipinski definition) is 1. The van der Waals surface area contributed by atoms with Gasteiger partial charge in [0, 0.05) is 29.4 Å². The van der Waals surface area contributed by atoms with Crippen molar-refractivity contribution in [2.75, 3.05) is 12.4 Å². The van der Waals surface area contributed by atoms with Gasteiger partial charge in [-0.15, -0.1) is 12.4 Å². The van der Waals surface area contributed by atoms with Crippen LogP contribution in [0.3, 0.4) is 0 Å². The summed E-state index contributed by atoms with van der Waals surface area (Å²) in [6.45, 7) is 0.451. The molecule has 0 bridgehead atoms. The number of anilines is 2. The van der Waals surface area contributed by atoms with Crippen LogP contribution in [-0.2, 0) is 6.61 Å². The summed E-state index contributed by atoms with van der Waals surface area (Å²) in [5.41, 5.74) is 2.72. The average Bonchev–Trinajstić information content (AvgIpc) is 2.83. The molecule has 0 fully saturated rings. The molecule has 0 saturated carbocycles. The van der Waals surface area contributed by atoms with Crippen LogP contribution >= 0.6 is 12.4 Å². The number of aromatic nitrogens is 1. The summed E-state index contributed by atoms with van der Waals surface area (Å²) in [5.74, 6) is 0.797. The molecule has 4 rings (SSSR count). The Balaban J connectivity index is 0.00000306. The van der Waals surface area contributed by atoms with Gasteiger partial charge < -0.3 is 14.8 Å². The highest BCUT2D eigenvalue weighted by Crippen LogP contribution is 2.37. The van der Waals surface area contributed by atoms with Gasteiger partial charge in [-0.2, -0.15) is 5.26 Å². The minimum absolute atomic E-state index is 0. The largest absolute Gasteiger partial charge is 0.490 e. The first kappa shape index (κ1) is 23.3. The molecule has 0 aliphatic rings. The molecule has 1 heterocycles. The van der Waals surface area contributed by atoms with Gasteiger partial charge in [0.1, 0.15) is 18.4 Å². The van der Waals surface area contributed by atoms with Gasteiger partial charge in [-0.05, 0) is 29.8 Å². The minimum atomic E-state index is -0.528. The van der Waals surface area contributed by atoms with E-state index in [1.807, 2.05) is 54.6 Å². The van der Waals surface area contributed by atoms with Crippen LogP contribution in [0.4, 0.5) is 17.1 Å². The molecule has 0 aliphatic heterocycles. The second-order valence-corrected chi connectivity index (χ2v) is 6.88. The molecule has 0 amide bonds. The molecule has 0 spiro atoms. The van der Waals surface area contributed by atoms with Gasteiger partial charge in [-0.3, -0.25) is 15.1 Å². The van der Waals surface area contributed by atoms with Crippen molar-refractivity contribution in [3.05, 3.63) is 94.2 Å². The number of nitrogens with one attached hydrogen (secondary N) is 1. The molecule has 0 saturated heterocycles. The van der Waals surface area contributed by atoms with E-state index in [1.165, 1.54) is 25.4 Å². The number of nitriles is 1. The van der Waals surface area contributed by atoms with Crippen molar-refractivity contribution in [3.8, 4) is 17.6 Å². The molecular weight excluding hydrogens is 444 g/mol. The Morgan fingerprint density at radius 1 is 1.12 bits per heavy atom. The Morgan fingerprint density at radius 3 is 2.48 bits per heavy atom. The van der Waals surface area contributed by atoms with Gasteiger partial charge in [-0.25, -0.2) is 0 Å². The first-order chi connectivity index (χ1) is 15.6. The van der Waals surface area contributed by atoms with Crippen molar-refractivity contribution in [1.82, 2.24) is 4.98 Å². The summed E-state index contributed by atoms with van der Waals surface area (Å²) >= 11 is 0. The second-order valence-electron chi connectivity index (χ2n) is 6.88. The number of ether oxygens (including phenoxy) is 2. The number of methoxy groups -OCH3 is 1. The van der Waals surface area contributed by atoms with Gasteiger partial charge in [-0.1, -0.05) is 30.3 Å². The van der Waals surface area contributed by atoms with Crippen LogP contribution in [-0.4, -0.2) is 17.0 Å². The molecule has 9 heteroatoms. The fraction of sp³-hybridized carbons (Fsp3) is 0.0833. The van der Waals surface area contributed by atoms with Crippen LogP contribution in [0.25, 0.3) is 10.9 Å². The summed E-state index contributed by atoms with van der Waals surface area (Å²) in [7, 11) is 1.36. The smallest absolute Gasteiger partial charge is 0.311 e. The van der Waals surface area contributed by atoms with Crippen molar-refractivity contribution in [1.29, 1.82) is 5.26 Å². The van der Waals surface area contributed by atoms with Crippen LogP contribution in [0.2, 0.25) is 0 Å². The molecule has 166 valence electrons. The Hall–Kier alpha value is -4.35. The van der Waals surface area contributed by atoms with Gasteiger partial charge in [0.15, 0.2) is 5.75 Å². The number of halogens is 1. The Morgan fingerprint density at radius 2 is 1.85 bits per heavy atom. The first-order valence-electron chi connectivity index (χ1n) is 9.68. The van der Waals surface area contributed by atoms with E-state index in [0.717, 1.165) is 5.56 Å². The van der Waals surface area contributed by atoms with E-state index in [0.29, 0.717) is 34.6 Å². The van der Waals surface area contributed by atoms with Crippen LogP contribution in [0, 0.1) is 21.4 Å². The van der Waals surface area contributed by atoms with Crippen molar-refractivity contribution in [2.24, 2.45) is 0 Å². The molecule has 8 nitrogen and oxygen atoms in total. The molecule has 4 aromatic rings. The number of benzene rings is 3. The van der Waals surface area contributed by atoms with E-state index in [9.17, 15) is 15.4 Å². The second kappa shape index (κ2) is 10.3. The summed E-state index contributed by atoms with van der Waals surface area (Å²) in [4.78, 5) is 15.2. The van der Waals surface area contributed by atoms with Gasteiger partial charge in [0.25, 0.3) is 0 Å². The maximum atomic E-state index is 11.5. The highest BCUT2D eigenvalue weighted by molar-refractivity contribution is 5.98. The number of nitro groups is 1. The quantitative estimate of drug-likeness (QED) is 0.274. The van der Waals surface area contributed by atoms with Crippen molar-refractivity contribution < 1.29 is 14.4 Å². The monoisotopic (exact) mass is 462 g/mol. The predicted molar refractivity (Wildman–Crippen MR) is 127 cm³/mol. The summed E-state index contributed by atoms with van der Waals surface area (Å²) in [6.07, 6.45) is 1.42. The number of rotatable bonds is 7. The zero-order chi connectivity index (χ0) is 22.5. The van der Waals surface area contributed by atoms with E-state index in [2.05, 4.69) is 16.4 Å². The number of nitrogens with zero attached hydrogens (tertiary/aromatic N) is 3. The Kier molecular flexibility index (Phi) is 7.28. The van der Waals surface area contributed by atoms with Crippen LogP contribution in [0.15, 0.2) is 72.9 Å². The van der Waals surface area contributed by atoms with Crippen LogP contribution in [0.5, 0.6) is 11.5 Å². The SMILES string of the molecule is COc1cc2ncc(C#N)c(Nc3ccc(OCc4ccccc4)cc3)c2cc1[N+](=O)[O-].Cl. The van der Waals surface area contributed by atoms with Gasteiger partial charge in [0.05, 0.1) is 28.8 Å². The molecule has 0 radical (unpaired) electrons. The summed E-state index contributed by atoms with van der Waals surface area (Å²) in [5, 5.41) is 24.6. The third-order valence-electron chi connectivity index (χ3n) is 4.86. The third kappa shape index (κ3) is 5.11. The van der Waals surface area contributed by atoms with Gasteiger partial charge >= 0.3 is 5.69 Å². The molecule has 0 unspecified atom stereocenters. The molecule has 0 atom stereocenters. The van der Waals surface area contributed by atoms with Crippen molar-refractivity contribution in [2.45, 2.75) is 6.61 Å². The summed E-state index contributed by atoms with van der Waals surface area (Å²) < 4.78 is 10.9. The van der Waals surface area contributed by atoms with Crippen LogP contribution in [0.1, 0.15) is 11.1 Å². The zero-order valence-corrected chi connectivity index (χ0v) is 18.3. The number of nitro benzene ring substituents is 1. The van der Waals surface area contributed by atoms with Crippen LogP contribution < -0.4 is 14.8 Å². The molecule has 3 aromatic carbocycles. The fourth-order valence-electron chi connectivity index (χ4n) is 3.25. The standard InChI is InChI=1S/C24H18N4O4.ClH/c1-31-23-12-21-20(11-22(23)28(29)30)24(17(13-25)14-26-21)27-18-7-9-19(10-8-18)32-15-16-5-3-2-4-6-16;/h2-12,14H,15H2,1H3,(H,26,27);1H.